The normalized spacial score (nSPS) is 25.6. The fourth-order valence-electron chi connectivity index (χ4n) is 1.76. The molecular formula is C9H19NO3S. The van der Waals surface area contributed by atoms with Crippen LogP contribution < -0.4 is 0 Å². The van der Waals surface area contributed by atoms with E-state index in [9.17, 15) is 8.42 Å². The maximum absolute atomic E-state index is 11.9. The molecule has 1 saturated heterocycles. The topological polar surface area (TPSA) is 57.6 Å². The average molecular weight is 221 g/mol. The quantitative estimate of drug-likeness (QED) is 0.758. The van der Waals surface area contributed by atoms with Gasteiger partial charge in [0, 0.05) is 12.6 Å². The van der Waals surface area contributed by atoms with E-state index < -0.39 is 15.3 Å². The number of rotatable bonds is 3. The molecule has 0 aliphatic carbocycles. The summed E-state index contributed by atoms with van der Waals surface area (Å²) in [6, 6.07) is -0.198. The molecule has 0 saturated carbocycles. The van der Waals surface area contributed by atoms with Crippen LogP contribution in [0, 0.1) is 0 Å². The van der Waals surface area contributed by atoms with Crippen molar-refractivity contribution in [1.29, 1.82) is 0 Å². The highest BCUT2D eigenvalue weighted by Crippen LogP contribution is 2.22. The van der Waals surface area contributed by atoms with Crippen LogP contribution in [-0.2, 0) is 10.0 Å². The summed E-state index contributed by atoms with van der Waals surface area (Å²) >= 11 is 0. The predicted molar refractivity (Wildman–Crippen MR) is 55.5 cm³/mol. The second-order valence-corrected chi connectivity index (χ2v) is 6.48. The van der Waals surface area contributed by atoms with Gasteiger partial charge >= 0.3 is 0 Å². The molecule has 0 amide bonds. The molecule has 1 aliphatic heterocycles. The Balaban J connectivity index is 2.83. The number of aliphatic hydroxyl groups is 1. The van der Waals surface area contributed by atoms with Gasteiger partial charge in [-0.25, -0.2) is 8.42 Å². The van der Waals surface area contributed by atoms with E-state index in [1.165, 1.54) is 4.31 Å². The van der Waals surface area contributed by atoms with Crippen molar-refractivity contribution in [2.45, 2.75) is 44.4 Å². The second-order valence-electron chi connectivity index (χ2n) is 4.04. The summed E-state index contributed by atoms with van der Waals surface area (Å²) < 4.78 is 25.2. The molecule has 1 atom stereocenters. The number of nitrogens with zero attached hydrogens (tertiary/aromatic N) is 1. The average Bonchev–Trinajstić information content (AvgIpc) is 2.17. The van der Waals surface area contributed by atoms with E-state index in [0.29, 0.717) is 6.54 Å². The molecule has 4 nitrogen and oxygen atoms in total. The lowest BCUT2D eigenvalue weighted by Gasteiger charge is -2.34. The first-order valence-electron chi connectivity index (χ1n) is 5.11. The zero-order valence-electron chi connectivity index (χ0n) is 8.81. The Kier molecular flexibility index (Phi) is 3.92. The molecule has 1 heterocycles. The third-order valence-corrected chi connectivity index (χ3v) is 5.03. The SMILES string of the molecule is CC(C)S(=O)(=O)N1CCCCC1CO. The van der Waals surface area contributed by atoms with Gasteiger partial charge in [0.05, 0.1) is 11.9 Å². The van der Waals surface area contributed by atoms with Gasteiger partial charge in [0.25, 0.3) is 0 Å². The molecule has 1 unspecified atom stereocenters. The lowest BCUT2D eigenvalue weighted by atomic mass is 10.1. The van der Waals surface area contributed by atoms with E-state index in [-0.39, 0.29) is 12.6 Å². The van der Waals surface area contributed by atoms with Crippen LogP contribution in [0.4, 0.5) is 0 Å². The summed E-state index contributed by atoms with van der Waals surface area (Å²) in [7, 11) is -3.19. The number of aliphatic hydroxyl groups excluding tert-OH is 1. The van der Waals surface area contributed by atoms with Crippen molar-refractivity contribution in [2.24, 2.45) is 0 Å². The summed E-state index contributed by atoms with van der Waals surface area (Å²) in [6.45, 7) is 3.86. The monoisotopic (exact) mass is 221 g/mol. The van der Waals surface area contributed by atoms with Crippen molar-refractivity contribution < 1.29 is 13.5 Å². The minimum atomic E-state index is -3.19. The largest absolute Gasteiger partial charge is 0.395 e. The Morgan fingerprint density at radius 1 is 1.43 bits per heavy atom. The number of hydrogen-bond acceptors (Lipinski definition) is 3. The Morgan fingerprint density at radius 2 is 2.07 bits per heavy atom. The first kappa shape index (κ1) is 11.9. The van der Waals surface area contributed by atoms with Crippen LogP contribution in [0.25, 0.3) is 0 Å². The molecule has 14 heavy (non-hydrogen) atoms. The third-order valence-electron chi connectivity index (χ3n) is 2.71. The van der Waals surface area contributed by atoms with Crippen LogP contribution in [0.2, 0.25) is 0 Å². The van der Waals surface area contributed by atoms with E-state index in [2.05, 4.69) is 0 Å². The van der Waals surface area contributed by atoms with Crippen molar-refractivity contribution in [3.63, 3.8) is 0 Å². The minimum Gasteiger partial charge on any atom is -0.395 e. The molecule has 1 fully saturated rings. The summed E-state index contributed by atoms with van der Waals surface area (Å²) in [4.78, 5) is 0. The second kappa shape index (κ2) is 4.59. The predicted octanol–water partition coefficient (Wildman–Crippen LogP) is 0.571. The molecule has 84 valence electrons. The van der Waals surface area contributed by atoms with E-state index in [0.717, 1.165) is 19.3 Å². The molecule has 5 heteroatoms. The van der Waals surface area contributed by atoms with E-state index in [4.69, 9.17) is 5.11 Å². The zero-order chi connectivity index (χ0) is 10.8. The summed E-state index contributed by atoms with van der Waals surface area (Å²) in [5.41, 5.74) is 0. The third kappa shape index (κ3) is 2.27. The number of piperidine rings is 1. The molecular weight excluding hydrogens is 202 g/mol. The molecule has 1 N–H and O–H groups in total. The Bertz CT molecular complexity index is 274. The highest BCUT2D eigenvalue weighted by molar-refractivity contribution is 7.89. The van der Waals surface area contributed by atoms with Crippen molar-refractivity contribution in [1.82, 2.24) is 4.31 Å². The lowest BCUT2D eigenvalue weighted by Crippen LogP contribution is -2.48. The van der Waals surface area contributed by atoms with Gasteiger partial charge in [0.2, 0.25) is 10.0 Å². The maximum Gasteiger partial charge on any atom is 0.216 e. The van der Waals surface area contributed by atoms with Gasteiger partial charge in [-0.2, -0.15) is 4.31 Å². The van der Waals surface area contributed by atoms with E-state index >= 15 is 0 Å². The zero-order valence-corrected chi connectivity index (χ0v) is 9.63. The molecule has 0 aromatic carbocycles. The van der Waals surface area contributed by atoms with Gasteiger partial charge in [-0.05, 0) is 26.7 Å². The van der Waals surface area contributed by atoms with Gasteiger partial charge < -0.3 is 5.11 Å². The van der Waals surface area contributed by atoms with Gasteiger partial charge in [-0.3, -0.25) is 0 Å². The van der Waals surface area contributed by atoms with Crippen LogP contribution in [-0.4, -0.2) is 42.3 Å². The fraction of sp³-hybridized carbons (Fsp3) is 1.00. The molecule has 1 aliphatic rings. The van der Waals surface area contributed by atoms with Crippen molar-refractivity contribution in [3.8, 4) is 0 Å². The smallest absolute Gasteiger partial charge is 0.216 e. The van der Waals surface area contributed by atoms with Crippen LogP contribution in [0.3, 0.4) is 0 Å². The van der Waals surface area contributed by atoms with Gasteiger partial charge in [-0.1, -0.05) is 6.42 Å². The first-order chi connectivity index (χ1) is 6.50. The van der Waals surface area contributed by atoms with Gasteiger partial charge in [0.15, 0.2) is 0 Å². The minimum absolute atomic E-state index is 0.0635. The number of hydrogen-bond donors (Lipinski definition) is 1. The standard InChI is InChI=1S/C9H19NO3S/c1-8(2)14(12,13)10-6-4-3-5-9(10)7-11/h8-9,11H,3-7H2,1-2H3. The molecule has 1 rings (SSSR count). The Hall–Kier alpha value is -0.130. The molecule has 0 radical (unpaired) electrons. The fourth-order valence-corrected chi connectivity index (χ4v) is 3.28. The van der Waals surface area contributed by atoms with E-state index in [1.54, 1.807) is 13.8 Å². The van der Waals surface area contributed by atoms with Crippen LogP contribution in [0.15, 0.2) is 0 Å². The summed E-state index contributed by atoms with van der Waals surface area (Å²) in [5.74, 6) is 0. The van der Waals surface area contributed by atoms with Crippen molar-refractivity contribution in [2.75, 3.05) is 13.2 Å². The van der Waals surface area contributed by atoms with Crippen molar-refractivity contribution >= 4 is 10.0 Å². The highest BCUT2D eigenvalue weighted by Gasteiger charge is 2.33. The molecule has 0 aromatic rings. The first-order valence-corrected chi connectivity index (χ1v) is 6.62. The number of sulfonamides is 1. The van der Waals surface area contributed by atoms with Crippen LogP contribution >= 0.6 is 0 Å². The molecule has 0 bridgehead atoms. The summed E-state index contributed by atoms with van der Waals surface area (Å²) in [5, 5.41) is 8.71. The maximum atomic E-state index is 11.9. The van der Waals surface area contributed by atoms with Crippen molar-refractivity contribution in [3.05, 3.63) is 0 Å². The highest BCUT2D eigenvalue weighted by atomic mass is 32.2. The Labute approximate surface area is 86.0 Å². The van der Waals surface area contributed by atoms with Crippen LogP contribution in [0.1, 0.15) is 33.1 Å². The van der Waals surface area contributed by atoms with Gasteiger partial charge in [-0.15, -0.1) is 0 Å². The molecule has 0 spiro atoms. The van der Waals surface area contributed by atoms with Crippen LogP contribution in [0.5, 0.6) is 0 Å². The lowest BCUT2D eigenvalue weighted by molar-refractivity contribution is 0.154. The summed E-state index contributed by atoms with van der Waals surface area (Å²) in [6.07, 6.45) is 2.69. The van der Waals surface area contributed by atoms with Gasteiger partial charge in [0.1, 0.15) is 0 Å². The Morgan fingerprint density at radius 3 is 2.57 bits per heavy atom. The van der Waals surface area contributed by atoms with E-state index in [1.807, 2.05) is 0 Å². The molecule has 0 aromatic heterocycles.